The van der Waals surface area contributed by atoms with Crippen molar-refractivity contribution in [1.29, 1.82) is 0 Å². The molecular formula is C22H23N3O2S. The average molecular weight is 394 g/mol. The molecule has 0 aliphatic rings. The third kappa shape index (κ3) is 5.27. The van der Waals surface area contributed by atoms with Crippen LogP contribution in [0.2, 0.25) is 0 Å². The molecule has 0 aliphatic carbocycles. The molecule has 0 fully saturated rings. The lowest BCUT2D eigenvalue weighted by Gasteiger charge is -2.22. The molecule has 1 aromatic heterocycles. The van der Waals surface area contributed by atoms with Gasteiger partial charge < -0.3 is 10.6 Å². The van der Waals surface area contributed by atoms with Crippen molar-refractivity contribution >= 4 is 28.8 Å². The number of hydrogen-bond donors (Lipinski definition) is 2. The highest BCUT2D eigenvalue weighted by molar-refractivity contribution is 7.13. The largest absolute Gasteiger partial charge is 0.344 e. The summed E-state index contributed by atoms with van der Waals surface area (Å²) in [6.07, 6.45) is 2.01. The maximum absolute atomic E-state index is 12.7. The van der Waals surface area contributed by atoms with Gasteiger partial charge in [0, 0.05) is 22.8 Å². The summed E-state index contributed by atoms with van der Waals surface area (Å²) in [7, 11) is 0. The van der Waals surface area contributed by atoms with E-state index in [0.29, 0.717) is 5.69 Å². The van der Waals surface area contributed by atoms with Crippen molar-refractivity contribution < 1.29 is 9.59 Å². The molecular weight excluding hydrogens is 370 g/mol. The van der Waals surface area contributed by atoms with Crippen molar-refractivity contribution in [3.05, 3.63) is 71.7 Å². The topological polar surface area (TPSA) is 71.1 Å². The van der Waals surface area contributed by atoms with Crippen molar-refractivity contribution in [2.24, 2.45) is 5.92 Å². The Bertz CT molecular complexity index is 907. The van der Waals surface area contributed by atoms with Gasteiger partial charge in [0.15, 0.2) is 0 Å². The van der Waals surface area contributed by atoms with E-state index in [-0.39, 0.29) is 24.2 Å². The Morgan fingerprint density at radius 3 is 2.36 bits per heavy atom. The second-order valence-electron chi connectivity index (χ2n) is 6.86. The van der Waals surface area contributed by atoms with E-state index in [1.807, 2.05) is 73.8 Å². The number of benzene rings is 2. The molecule has 3 aromatic rings. The quantitative estimate of drug-likeness (QED) is 0.634. The van der Waals surface area contributed by atoms with Crippen LogP contribution in [0.3, 0.4) is 0 Å². The van der Waals surface area contributed by atoms with Crippen LogP contribution in [0.25, 0.3) is 10.6 Å². The Labute approximate surface area is 168 Å². The smallest absolute Gasteiger partial charge is 0.247 e. The van der Waals surface area contributed by atoms with Gasteiger partial charge in [0.25, 0.3) is 0 Å². The van der Waals surface area contributed by atoms with Gasteiger partial charge in [0.2, 0.25) is 11.8 Å². The maximum atomic E-state index is 12.7. The molecule has 28 heavy (non-hydrogen) atoms. The van der Waals surface area contributed by atoms with Crippen molar-refractivity contribution in [3.8, 4) is 10.6 Å². The number of nitrogens with zero attached hydrogens (tertiary/aromatic N) is 1. The Morgan fingerprint density at radius 1 is 1.04 bits per heavy atom. The van der Waals surface area contributed by atoms with Crippen molar-refractivity contribution in [2.45, 2.75) is 26.3 Å². The summed E-state index contributed by atoms with van der Waals surface area (Å²) in [5.41, 5.74) is 2.61. The highest BCUT2D eigenvalue weighted by Crippen LogP contribution is 2.23. The first-order chi connectivity index (χ1) is 13.5. The number of thiazole rings is 1. The van der Waals surface area contributed by atoms with Gasteiger partial charge in [-0.25, -0.2) is 4.98 Å². The zero-order valence-electron chi connectivity index (χ0n) is 15.9. The molecule has 0 spiro atoms. The minimum Gasteiger partial charge on any atom is -0.344 e. The van der Waals surface area contributed by atoms with Crippen molar-refractivity contribution in [2.75, 3.05) is 5.32 Å². The van der Waals surface area contributed by atoms with Crippen LogP contribution in [0.5, 0.6) is 0 Å². The van der Waals surface area contributed by atoms with Crippen LogP contribution in [0.15, 0.2) is 66.2 Å². The van der Waals surface area contributed by atoms with Crippen molar-refractivity contribution in [1.82, 2.24) is 10.3 Å². The molecule has 2 amide bonds. The first kappa shape index (κ1) is 19.8. The number of amides is 2. The van der Waals surface area contributed by atoms with Gasteiger partial charge >= 0.3 is 0 Å². The van der Waals surface area contributed by atoms with Crippen LogP contribution < -0.4 is 10.6 Å². The van der Waals surface area contributed by atoms with E-state index in [4.69, 9.17) is 0 Å². The van der Waals surface area contributed by atoms with Gasteiger partial charge in [0.05, 0.1) is 6.42 Å². The number of nitrogens with one attached hydrogen (secondary N) is 2. The van der Waals surface area contributed by atoms with E-state index in [2.05, 4.69) is 15.6 Å². The zero-order chi connectivity index (χ0) is 19.9. The van der Waals surface area contributed by atoms with Gasteiger partial charge in [-0.2, -0.15) is 0 Å². The van der Waals surface area contributed by atoms with E-state index in [1.54, 1.807) is 17.5 Å². The third-order valence-corrected chi connectivity index (χ3v) is 5.13. The number of hydrogen-bond acceptors (Lipinski definition) is 4. The fourth-order valence-corrected chi connectivity index (χ4v) is 3.47. The molecule has 0 aliphatic heterocycles. The number of aromatic nitrogens is 1. The van der Waals surface area contributed by atoms with Crippen LogP contribution in [0, 0.1) is 5.92 Å². The molecule has 1 unspecified atom stereocenters. The predicted octanol–water partition coefficient (Wildman–Crippen LogP) is 4.13. The highest BCUT2D eigenvalue weighted by atomic mass is 32.1. The summed E-state index contributed by atoms with van der Waals surface area (Å²) in [6, 6.07) is 16.4. The van der Waals surface area contributed by atoms with Gasteiger partial charge in [-0.3, -0.25) is 9.59 Å². The highest BCUT2D eigenvalue weighted by Gasteiger charge is 2.24. The fraction of sp³-hybridized carbons (Fsp3) is 0.227. The number of anilines is 1. The summed E-state index contributed by atoms with van der Waals surface area (Å²) in [5.74, 6) is -0.424. The SMILES string of the molecule is CC(C)C(NC(=O)Cc1ccccc1)C(=O)Nc1ccc(-c2nccs2)cc1. The lowest BCUT2D eigenvalue weighted by molar-refractivity contribution is -0.127. The molecule has 2 aromatic carbocycles. The van der Waals surface area contributed by atoms with E-state index in [0.717, 1.165) is 16.1 Å². The lowest BCUT2D eigenvalue weighted by atomic mass is 10.0. The van der Waals surface area contributed by atoms with E-state index in [9.17, 15) is 9.59 Å². The summed E-state index contributed by atoms with van der Waals surface area (Å²) < 4.78 is 0. The Balaban J connectivity index is 1.62. The Hall–Kier alpha value is -2.99. The van der Waals surface area contributed by atoms with Gasteiger partial charge in [-0.15, -0.1) is 11.3 Å². The first-order valence-corrected chi connectivity index (χ1v) is 10.0. The average Bonchev–Trinajstić information content (AvgIpc) is 3.22. The molecule has 1 heterocycles. The van der Waals surface area contributed by atoms with E-state index < -0.39 is 6.04 Å². The molecule has 6 heteroatoms. The molecule has 0 bridgehead atoms. The Kier molecular flexibility index (Phi) is 6.55. The second kappa shape index (κ2) is 9.28. The summed E-state index contributed by atoms with van der Waals surface area (Å²) in [4.78, 5) is 29.4. The standard InChI is InChI=1S/C22H23N3O2S/c1-15(2)20(25-19(26)14-16-6-4-3-5-7-16)21(27)24-18-10-8-17(9-11-18)22-23-12-13-28-22/h3-13,15,20H,14H2,1-2H3,(H,24,27)(H,25,26). The van der Waals surface area contributed by atoms with E-state index in [1.165, 1.54) is 0 Å². The van der Waals surface area contributed by atoms with Crippen LogP contribution in [0.4, 0.5) is 5.69 Å². The monoisotopic (exact) mass is 393 g/mol. The second-order valence-corrected chi connectivity index (χ2v) is 7.75. The molecule has 1 atom stereocenters. The first-order valence-electron chi connectivity index (χ1n) is 9.17. The fourth-order valence-electron chi connectivity index (χ4n) is 2.82. The molecule has 0 saturated carbocycles. The molecule has 0 radical (unpaired) electrons. The summed E-state index contributed by atoms with van der Waals surface area (Å²) in [5, 5.41) is 8.62. The maximum Gasteiger partial charge on any atom is 0.247 e. The lowest BCUT2D eigenvalue weighted by Crippen LogP contribution is -2.47. The zero-order valence-corrected chi connectivity index (χ0v) is 16.7. The van der Waals surface area contributed by atoms with E-state index >= 15 is 0 Å². The minimum absolute atomic E-state index is 0.0330. The molecule has 144 valence electrons. The van der Waals surface area contributed by atoms with Gasteiger partial charge in [0.1, 0.15) is 11.0 Å². The normalized spacial score (nSPS) is 11.8. The molecule has 3 rings (SSSR count). The molecule has 5 nitrogen and oxygen atoms in total. The number of rotatable bonds is 7. The number of carbonyl (C=O) groups is 2. The van der Waals surface area contributed by atoms with Crippen LogP contribution >= 0.6 is 11.3 Å². The molecule has 0 saturated heterocycles. The number of carbonyl (C=O) groups excluding carboxylic acids is 2. The van der Waals surface area contributed by atoms with Crippen LogP contribution in [-0.4, -0.2) is 22.8 Å². The van der Waals surface area contributed by atoms with Gasteiger partial charge in [-0.05, 0) is 35.7 Å². The third-order valence-electron chi connectivity index (χ3n) is 4.30. The van der Waals surface area contributed by atoms with Crippen LogP contribution in [0.1, 0.15) is 19.4 Å². The van der Waals surface area contributed by atoms with Crippen molar-refractivity contribution in [3.63, 3.8) is 0 Å². The predicted molar refractivity (Wildman–Crippen MR) is 113 cm³/mol. The summed E-state index contributed by atoms with van der Waals surface area (Å²) in [6.45, 7) is 3.83. The van der Waals surface area contributed by atoms with Crippen LogP contribution in [-0.2, 0) is 16.0 Å². The van der Waals surface area contributed by atoms with Gasteiger partial charge in [-0.1, -0.05) is 44.2 Å². The Morgan fingerprint density at radius 2 is 1.75 bits per heavy atom. The summed E-state index contributed by atoms with van der Waals surface area (Å²) >= 11 is 1.57. The molecule has 2 N–H and O–H groups in total. The minimum atomic E-state index is -0.602.